The normalized spacial score (nSPS) is 12.5. The van der Waals surface area contributed by atoms with E-state index in [-0.39, 0.29) is 18.2 Å². The Morgan fingerprint density at radius 3 is 3.00 bits per heavy atom. The molecule has 0 amide bonds. The van der Waals surface area contributed by atoms with E-state index < -0.39 is 0 Å². The number of aryl methyl sites for hydroxylation is 1. The van der Waals surface area contributed by atoms with E-state index in [1.54, 1.807) is 14.0 Å². The van der Waals surface area contributed by atoms with Crippen LogP contribution in [0.3, 0.4) is 0 Å². The third-order valence-electron chi connectivity index (χ3n) is 1.80. The van der Waals surface area contributed by atoms with Gasteiger partial charge in [0.15, 0.2) is 0 Å². The molecule has 0 spiro atoms. The second-order valence-corrected chi connectivity index (χ2v) is 3.20. The van der Waals surface area contributed by atoms with Gasteiger partial charge in [-0.15, -0.1) is 0 Å². The third-order valence-corrected chi connectivity index (χ3v) is 1.80. The van der Waals surface area contributed by atoms with Gasteiger partial charge in [0, 0.05) is 13.2 Å². The van der Waals surface area contributed by atoms with E-state index in [4.69, 9.17) is 9.84 Å². The molecule has 0 saturated carbocycles. The Hall–Kier alpha value is -1.40. The second kappa shape index (κ2) is 5.47. The molecule has 0 aliphatic heterocycles. The Labute approximate surface area is 87.3 Å². The Kier molecular flexibility index (Phi) is 4.26. The Balaban J connectivity index is 2.74. The Morgan fingerprint density at radius 1 is 1.73 bits per heavy atom. The summed E-state index contributed by atoms with van der Waals surface area (Å²) in [6, 6.07) is 1.08. The van der Waals surface area contributed by atoms with Crippen molar-refractivity contribution in [1.82, 2.24) is 9.97 Å². The highest BCUT2D eigenvalue weighted by Crippen LogP contribution is 2.01. The number of ether oxygens (including phenoxy) is 1. The smallest absolute Gasteiger partial charge is 0.252 e. The minimum absolute atomic E-state index is 0.0820. The molecule has 0 aliphatic carbocycles. The molecular weight excluding hydrogens is 198 g/mol. The van der Waals surface area contributed by atoms with Crippen molar-refractivity contribution >= 4 is 5.82 Å². The molecule has 3 N–H and O–H groups in total. The summed E-state index contributed by atoms with van der Waals surface area (Å²) in [5, 5.41) is 11.9. The zero-order valence-electron chi connectivity index (χ0n) is 8.78. The van der Waals surface area contributed by atoms with E-state index in [9.17, 15) is 4.79 Å². The van der Waals surface area contributed by atoms with E-state index in [1.807, 2.05) is 0 Å². The van der Waals surface area contributed by atoms with Crippen molar-refractivity contribution < 1.29 is 9.84 Å². The predicted octanol–water partition coefficient (Wildman–Crippen LogP) is -0.502. The standard InChI is InChI=1S/C9H15N3O3/c1-6-10-8(3-9(14)11-6)12-7(4-13)5-15-2/h3,7,13H,4-5H2,1-2H3,(H2,10,11,12,14). The van der Waals surface area contributed by atoms with Crippen LogP contribution in [0.15, 0.2) is 10.9 Å². The topological polar surface area (TPSA) is 87.2 Å². The van der Waals surface area contributed by atoms with Gasteiger partial charge in [0.25, 0.3) is 5.56 Å². The molecule has 0 aromatic carbocycles. The summed E-state index contributed by atoms with van der Waals surface area (Å²) in [7, 11) is 1.54. The molecule has 0 bridgehead atoms. The second-order valence-electron chi connectivity index (χ2n) is 3.20. The molecular formula is C9H15N3O3. The maximum absolute atomic E-state index is 11.1. The number of aliphatic hydroxyl groups excluding tert-OH is 1. The van der Waals surface area contributed by atoms with Crippen LogP contribution in [-0.2, 0) is 4.74 Å². The minimum atomic E-state index is -0.260. The molecule has 15 heavy (non-hydrogen) atoms. The average Bonchev–Trinajstić information content (AvgIpc) is 2.15. The van der Waals surface area contributed by atoms with E-state index in [1.165, 1.54) is 6.07 Å². The van der Waals surface area contributed by atoms with Gasteiger partial charge >= 0.3 is 0 Å². The summed E-state index contributed by atoms with van der Waals surface area (Å²) < 4.78 is 4.89. The van der Waals surface area contributed by atoms with Gasteiger partial charge in [-0.1, -0.05) is 0 Å². The van der Waals surface area contributed by atoms with Crippen LogP contribution >= 0.6 is 0 Å². The zero-order valence-corrected chi connectivity index (χ0v) is 8.78. The fourth-order valence-corrected chi connectivity index (χ4v) is 1.20. The van der Waals surface area contributed by atoms with Crippen molar-refractivity contribution in [1.29, 1.82) is 0 Å². The van der Waals surface area contributed by atoms with Gasteiger partial charge < -0.3 is 20.1 Å². The maximum atomic E-state index is 11.1. The van der Waals surface area contributed by atoms with Crippen LogP contribution in [0.2, 0.25) is 0 Å². The number of nitrogens with one attached hydrogen (secondary N) is 2. The van der Waals surface area contributed by atoms with Gasteiger partial charge in [-0.25, -0.2) is 4.98 Å². The lowest BCUT2D eigenvalue weighted by Crippen LogP contribution is -2.30. The Bertz CT molecular complexity index is 364. The zero-order chi connectivity index (χ0) is 11.3. The number of hydrogen-bond acceptors (Lipinski definition) is 5. The summed E-state index contributed by atoms with van der Waals surface area (Å²) in [6.07, 6.45) is 0. The largest absolute Gasteiger partial charge is 0.394 e. The lowest BCUT2D eigenvalue weighted by Gasteiger charge is -2.15. The fraction of sp³-hybridized carbons (Fsp3) is 0.556. The number of aliphatic hydroxyl groups is 1. The van der Waals surface area contributed by atoms with Gasteiger partial charge in [0.05, 0.1) is 19.3 Å². The van der Waals surface area contributed by atoms with Crippen LogP contribution in [0, 0.1) is 6.92 Å². The molecule has 1 heterocycles. The summed E-state index contributed by atoms with van der Waals surface area (Å²) in [5.41, 5.74) is -0.223. The molecule has 6 heteroatoms. The molecule has 84 valence electrons. The quantitative estimate of drug-likeness (QED) is 0.613. The highest BCUT2D eigenvalue weighted by atomic mass is 16.5. The summed E-state index contributed by atoms with van der Waals surface area (Å²) in [4.78, 5) is 17.7. The maximum Gasteiger partial charge on any atom is 0.252 e. The number of anilines is 1. The summed E-state index contributed by atoms with van der Waals surface area (Å²) in [6.45, 7) is 1.96. The highest BCUT2D eigenvalue weighted by Gasteiger charge is 2.07. The fourth-order valence-electron chi connectivity index (χ4n) is 1.20. The van der Waals surface area contributed by atoms with E-state index in [0.717, 1.165) is 0 Å². The van der Waals surface area contributed by atoms with Gasteiger partial charge in [0.2, 0.25) is 0 Å². The number of H-pyrrole nitrogens is 1. The molecule has 0 saturated heterocycles. The van der Waals surface area contributed by atoms with Crippen LogP contribution in [0.25, 0.3) is 0 Å². The van der Waals surface area contributed by atoms with Gasteiger partial charge in [-0.3, -0.25) is 4.79 Å². The average molecular weight is 213 g/mol. The van der Waals surface area contributed by atoms with Crippen molar-refractivity contribution in [3.05, 3.63) is 22.2 Å². The number of aromatic nitrogens is 2. The van der Waals surface area contributed by atoms with Crippen molar-refractivity contribution in [3.8, 4) is 0 Å². The van der Waals surface area contributed by atoms with Crippen LogP contribution in [0.4, 0.5) is 5.82 Å². The molecule has 1 aromatic heterocycles. The van der Waals surface area contributed by atoms with Crippen molar-refractivity contribution in [2.45, 2.75) is 13.0 Å². The number of hydrogen-bond donors (Lipinski definition) is 3. The van der Waals surface area contributed by atoms with Gasteiger partial charge in [-0.05, 0) is 6.92 Å². The van der Waals surface area contributed by atoms with Crippen molar-refractivity contribution in [2.75, 3.05) is 25.6 Å². The monoisotopic (exact) mass is 213 g/mol. The van der Waals surface area contributed by atoms with E-state index in [0.29, 0.717) is 18.2 Å². The number of methoxy groups -OCH3 is 1. The molecule has 1 atom stereocenters. The van der Waals surface area contributed by atoms with Gasteiger partial charge in [-0.2, -0.15) is 0 Å². The number of nitrogens with zero attached hydrogens (tertiary/aromatic N) is 1. The number of aromatic amines is 1. The Morgan fingerprint density at radius 2 is 2.47 bits per heavy atom. The van der Waals surface area contributed by atoms with Crippen molar-refractivity contribution in [2.24, 2.45) is 0 Å². The summed E-state index contributed by atoms with van der Waals surface area (Å²) >= 11 is 0. The van der Waals surface area contributed by atoms with Crippen LogP contribution < -0.4 is 10.9 Å². The molecule has 0 radical (unpaired) electrons. The molecule has 6 nitrogen and oxygen atoms in total. The molecule has 1 unspecified atom stereocenters. The van der Waals surface area contributed by atoms with Crippen LogP contribution in [0.5, 0.6) is 0 Å². The predicted molar refractivity (Wildman–Crippen MR) is 56.0 cm³/mol. The van der Waals surface area contributed by atoms with Crippen LogP contribution in [0.1, 0.15) is 5.82 Å². The molecule has 1 rings (SSSR count). The molecule has 1 aromatic rings. The lowest BCUT2D eigenvalue weighted by molar-refractivity contribution is 0.153. The number of rotatable bonds is 5. The summed E-state index contributed by atoms with van der Waals surface area (Å²) in [5.74, 6) is 0.964. The minimum Gasteiger partial charge on any atom is -0.394 e. The SMILES string of the molecule is COCC(CO)Nc1cc(=O)[nH]c(C)n1. The lowest BCUT2D eigenvalue weighted by atomic mass is 10.3. The van der Waals surface area contributed by atoms with E-state index in [2.05, 4.69) is 15.3 Å². The highest BCUT2D eigenvalue weighted by molar-refractivity contribution is 5.34. The van der Waals surface area contributed by atoms with E-state index >= 15 is 0 Å². The molecule has 0 aliphatic rings. The first kappa shape index (κ1) is 11.7. The first-order chi connectivity index (χ1) is 7.15. The van der Waals surface area contributed by atoms with Gasteiger partial charge in [0.1, 0.15) is 11.6 Å². The van der Waals surface area contributed by atoms with Crippen molar-refractivity contribution in [3.63, 3.8) is 0 Å². The first-order valence-electron chi connectivity index (χ1n) is 4.60. The first-order valence-corrected chi connectivity index (χ1v) is 4.60. The molecule has 0 fully saturated rings. The third kappa shape index (κ3) is 3.69. The van der Waals surface area contributed by atoms with Crippen LogP contribution in [-0.4, -0.2) is 41.4 Å².